The van der Waals surface area contributed by atoms with Crippen LogP contribution in [0.25, 0.3) is 0 Å². The molecule has 0 aliphatic carbocycles. The minimum absolute atomic E-state index is 0. The van der Waals surface area contributed by atoms with Crippen molar-refractivity contribution in [2.45, 2.75) is 27.7 Å². The molecule has 0 radical (unpaired) electrons. The Bertz CT molecular complexity index is 184. The van der Waals surface area contributed by atoms with Gasteiger partial charge in [0.2, 0.25) is 0 Å². The van der Waals surface area contributed by atoms with Gasteiger partial charge < -0.3 is 25.7 Å². The highest BCUT2D eigenvalue weighted by atomic mass is 31.2. The van der Waals surface area contributed by atoms with Crippen LogP contribution in [0.1, 0.15) is 27.7 Å². The lowest BCUT2D eigenvalue weighted by Gasteiger charge is -2.13. The number of nitrogens with zero attached hydrogens (tertiary/aromatic N) is 2. The van der Waals surface area contributed by atoms with Crippen LogP contribution < -0.4 is 6.15 Å². The first kappa shape index (κ1) is 24.7. The van der Waals surface area contributed by atoms with Crippen molar-refractivity contribution in [3.63, 3.8) is 0 Å². The molecule has 6 N–H and O–H groups in total. The fraction of sp³-hybridized carbons (Fsp3) is 0.875. The van der Waals surface area contributed by atoms with Crippen molar-refractivity contribution in [3.05, 3.63) is 0 Å². The maximum Gasteiger partial charge on any atom is 0.466 e. The van der Waals surface area contributed by atoms with E-state index in [9.17, 15) is 0 Å². The van der Waals surface area contributed by atoms with Gasteiger partial charge in [-0.25, -0.2) is 4.57 Å². The number of hydrogen-bond donors (Lipinski definition) is 4. The predicted octanol–water partition coefficient (Wildman–Crippen LogP) is 1.11. The molecule has 0 heterocycles. The molecule has 0 aromatic heterocycles. The van der Waals surface area contributed by atoms with Crippen LogP contribution in [0.4, 0.5) is 0 Å². The molecule has 0 saturated heterocycles. The SMILES string of the molecule is CC#N.CCN(CC)CC.N.O=P(O)(O)O. The maximum absolute atomic E-state index is 8.88. The molecule has 0 amide bonds. The van der Waals surface area contributed by atoms with E-state index in [2.05, 4.69) is 25.7 Å². The molecule has 0 aromatic carbocycles. The molecule has 0 aliphatic heterocycles. The van der Waals surface area contributed by atoms with E-state index in [1.54, 1.807) is 6.07 Å². The second-order valence-corrected chi connectivity index (χ2v) is 3.38. The Balaban J connectivity index is -0.0000000710. The molecular weight excluding hydrogens is 233 g/mol. The molecule has 8 heteroatoms. The van der Waals surface area contributed by atoms with Gasteiger partial charge in [-0.3, -0.25) is 0 Å². The minimum atomic E-state index is -4.64. The summed E-state index contributed by atoms with van der Waals surface area (Å²) in [6.45, 7) is 11.6. The van der Waals surface area contributed by atoms with Crippen molar-refractivity contribution in [2.75, 3.05) is 19.6 Å². The molecule has 0 saturated carbocycles. The van der Waals surface area contributed by atoms with Gasteiger partial charge in [0, 0.05) is 6.92 Å². The van der Waals surface area contributed by atoms with E-state index < -0.39 is 7.82 Å². The van der Waals surface area contributed by atoms with E-state index in [1.807, 2.05) is 0 Å². The van der Waals surface area contributed by atoms with Crippen LogP contribution >= 0.6 is 7.82 Å². The fourth-order valence-corrected chi connectivity index (χ4v) is 0.671. The molecule has 0 aromatic rings. The summed E-state index contributed by atoms with van der Waals surface area (Å²) < 4.78 is 8.88. The van der Waals surface area contributed by atoms with E-state index in [0.29, 0.717) is 0 Å². The molecule has 0 fully saturated rings. The van der Waals surface area contributed by atoms with Crippen LogP contribution in [0.5, 0.6) is 0 Å². The van der Waals surface area contributed by atoms with Gasteiger partial charge in [0.05, 0.1) is 6.07 Å². The van der Waals surface area contributed by atoms with E-state index >= 15 is 0 Å². The zero-order chi connectivity index (χ0) is 12.9. The zero-order valence-corrected chi connectivity index (χ0v) is 11.3. The van der Waals surface area contributed by atoms with Crippen LogP contribution in [-0.2, 0) is 4.57 Å². The van der Waals surface area contributed by atoms with Gasteiger partial charge in [0.25, 0.3) is 0 Å². The summed E-state index contributed by atoms with van der Waals surface area (Å²) in [7, 11) is -4.64. The van der Waals surface area contributed by atoms with Crippen LogP contribution in [0.15, 0.2) is 0 Å². The second-order valence-electron chi connectivity index (χ2n) is 2.36. The molecule has 0 atom stereocenters. The smallest absolute Gasteiger partial charge is 0.344 e. The monoisotopic (exact) mass is 257 g/mol. The van der Waals surface area contributed by atoms with Gasteiger partial charge in [-0.05, 0) is 19.6 Å². The zero-order valence-electron chi connectivity index (χ0n) is 10.4. The van der Waals surface area contributed by atoms with Crippen molar-refractivity contribution in [1.29, 1.82) is 5.26 Å². The van der Waals surface area contributed by atoms with Gasteiger partial charge in [-0.15, -0.1) is 0 Å². The van der Waals surface area contributed by atoms with Crippen molar-refractivity contribution in [2.24, 2.45) is 0 Å². The lowest BCUT2D eigenvalue weighted by Crippen LogP contribution is -2.21. The molecule has 16 heavy (non-hydrogen) atoms. The quantitative estimate of drug-likeness (QED) is 0.555. The predicted molar refractivity (Wildman–Crippen MR) is 64.0 cm³/mol. The summed E-state index contributed by atoms with van der Waals surface area (Å²) in [4.78, 5) is 23.9. The van der Waals surface area contributed by atoms with E-state index in [1.165, 1.54) is 26.6 Å². The van der Waals surface area contributed by atoms with Gasteiger partial charge in [-0.1, -0.05) is 20.8 Å². The third-order valence-electron chi connectivity index (χ3n) is 1.34. The Kier molecular flexibility index (Phi) is 26.1. The standard InChI is InChI=1S/C6H15N.C2H3N.H3N.H3O4P/c1-4-7(5-2)6-3;1-2-3;;1-5(2,3)4/h4-6H2,1-3H3;1H3;1H3;(H3,1,2,3,4). The molecule has 0 aliphatic rings. The van der Waals surface area contributed by atoms with Gasteiger partial charge in [-0.2, -0.15) is 5.26 Å². The fourth-order valence-electron chi connectivity index (χ4n) is 0.671. The Morgan fingerprint density at radius 2 is 1.25 bits per heavy atom. The van der Waals surface area contributed by atoms with Crippen LogP contribution in [-0.4, -0.2) is 39.2 Å². The highest BCUT2D eigenvalue weighted by molar-refractivity contribution is 7.45. The number of phosphoric acid groups is 1. The van der Waals surface area contributed by atoms with E-state index in [4.69, 9.17) is 24.5 Å². The molecule has 100 valence electrons. The average molecular weight is 257 g/mol. The highest BCUT2D eigenvalue weighted by Crippen LogP contribution is 2.25. The van der Waals surface area contributed by atoms with E-state index in [0.717, 1.165) is 0 Å². The molecule has 0 bridgehead atoms. The molecular formula is C8H24N3O4P. The lowest BCUT2D eigenvalue weighted by molar-refractivity contribution is 0.275. The molecule has 7 nitrogen and oxygen atoms in total. The first-order valence-corrected chi connectivity index (χ1v) is 6.14. The maximum atomic E-state index is 8.88. The normalized spacial score (nSPS) is 8.69. The first-order valence-electron chi connectivity index (χ1n) is 4.58. The third-order valence-corrected chi connectivity index (χ3v) is 1.34. The first-order chi connectivity index (χ1) is 6.76. The molecule has 0 unspecified atom stereocenters. The Labute approximate surface area is 97.5 Å². The van der Waals surface area contributed by atoms with Gasteiger partial charge in [0.15, 0.2) is 0 Å². The Hall–Kier alpha value is -0.480. The Morgan fingerprint density at radius 1 is 1.12 bits per heavy atom. The Morgan fingerprint density at radius 3 is 1.25 bits per heavy atom. The van der Waals surface area contributed by atoms with Gasteiger partial charge >= 0.3 is 7.82 Å². The summed E-state index contributed by atoms with van der Waals surface area (Å²) in [5, 5.41) is 7.32. The van der Waals surface area contributed by atoms with Crippen LogP contribution in [0.3, 0.4) is 0 Å². The number of hydrogen-bond acceptors (Lipinski definition) is 4. The second kappa shape index (κ2) is 16.9. The third kappa shape index (κ3) is 69.6. The van der Waals surface area contributed by atoms with Gasteiger partial charge in [0.1, 0.15) is 0 Å². The summed E-state index contributed by atoms with van der Waals surface area (Å²) in [5.74, 6) is 0. The van der Waals surface area contributed by atoms with Crippen molar-refractivity contribution in [3.8, 4) is 6.07 Å². The van der Waals surface area contributed by atoms with Crippen LogP contribution in [0.2, 0.25) is 0 Å². The van der Waals surface area contributed by atoms with Crippen molar-refractivity contribution >= 4 is 7.82 Å². The topological polar surface area (TPSA) is 140 Å². The summed E-state index contributed by atoms with van der Waals surface area (Å²) in [6, 6.07) is 1.75. The average Bonchev–Trinajstić information content (AvgIpc) is 2.06. The minimum Gasteiger partial charge on any atom is -0.344 e. The molecule has 0 spiro atoms. The molecule has 0 rings (SSSR count). The summed E-state index contributed by atoms with van der Waals surface area (Å²) in [6.07, 6.45) is 0. The summed E-state index contributed by atoms with van der Waals surface area (Å²) in [5.41, 5.74) is 0. The number of nitriles is 1. The van der Waals surface area contributed by atoms with Crippen LogP contribution in [0, 0.1) is 11.3 Å². The summed E-state index contributed by atoms with van der Waals surface area (Å²) >= 11 is 0. The van der Waals surface area contributed by atoms with E-state index in [-0.39, 0.29) is 6.15 Å². The lowest BCUT2D eigenvalue weighted by atomic mass is 10.5. The van der Waals surface area contributed by atoms with Crippen molar-refractivity contribution in [1.82, 2.24) is 11.1 Å². The highest BCUT2D eigenvalue weighted by Gasteiger charge is 2.00. The number of rotatable bonds is 3. The van der Waals surface area contributed by atoms with Crippen molar-refractivity contribution < 1.29 is 19.2 Å². The largest absolute Gasteiger partial charge is 0.466 e.